The van der Waals surface area contributed by atoms with Gasteiger partial charge >= 0.3 is 0 Å². The van der Waals surface area contributed by atoms with Gasteiger partial charge in [0, 0.05) is 0 Å². The van der Waals surface area contributed by atoms with Gasteiger partial charge in [-0.05, 0) is 19.1 Å². The Balaban J connectivity index is 0.00000196. The fourth-order valence-electron chi connectivity index (χ4n) is 1.53. The van der Waals surface area contributed by atoms with Crippen molar-refractivity contribution in [3.05, 3.63) is 12.4 Å². The highest BCUT2D eigenvalue weighted by Crippen LogP contribution is 2.08. The molecule has 0 amide bonds. The third-order valence-corrected chi connectivity index (χ3v) is 3.62. The minimum Gasteiger partial charge on any atom is -1.00 e. The summed E-state index contributed by atoms with van der Waals surface area (Å²) < 4.78 is 0. The summed E-state index contributed by atoms with van der Waals surface area (Å²) >= 11 is 2.06. The SMILES string of the molecule is CCCCCSCN1C=C[NH+](CC)C1.[Cl-]. The van der Waals surface area contributed by atoms with Gasteiger partial charge in [-0.3, -0.25) is 4.90 Å². The van der Waals surface area contributed by atoms with Gasteiger partial charge in [0.1, 0.15) is 6.20 Å². The number of quaternary nitrogens is 1. The van der Waals surface area contributed by atoms with Gasteiger partial charge in [-0.25, -0.2) is 0 Å². The second-order valence-corrected chi connectivity index (χ2v) is 4.89. The number of nitrogens with one attached hydrogen (secondary N) is 1. The van der Waals surface area contributed by atoms with Crippen molar-refractivity contribution in [3.63, 3.8) is 0 Å². The Hall–Kier alpha value is 0.140. The van der Waals surface area contributed by atoms with Gasteiger partial charge in [0.05, 0.1) is 18.6 Å². The van der Waals surface area contributed by atoms with Gasteiger partial charge in [0.25, 0.3) is 0 Å². The lowest BCUT2D eigenvalue weighted by molar-refractivity contribution is -0.846. The van der Waals surface area contributed by atoms with Crippen LogP contribution in [-0.4, -0.2) is 29.7 Å². The van der Waals surface area contributed by atoms with Crippen molar-refractivity contribution in [2.45, 2.75) is 33.1 Å². The van der Waals surface area contributed by atoms with Crippen LogP contribution in [0.3, 0.4) is 0 Å². The van der Waals surface area contributed by atoms with E-state index in [1.54, 1.807) is 4.90 Å². The number of hydrogen-bond acceptors (Lipinski definition) is 2. The number of hydrogen-bond donors (Lipinski definition) is 1. The summed E-state index contributed by atoms with van der Waals surface area (Å²) in [5, 5.41) is 0. The maximum absolute atomic E-state index is 2.41. The summed E-state index contributed by atoms with van der Waals surface area (Å²) in [5.74, 6) is 2.49. The maximum Gasteiger partial charge on any atom is 0.157 e. The molecule has 1 aliphatic rings. The Morgan fingerprint density at radius 3 is 2.73 bits per heavy atom. The van der Waals surface area contributed by atoms with E-state index in [0.717, 1.165) is 6.67 Å². The Labute approximate surface area is 104 Å². The van der Waals surface area contributed by atoms with Gasteiger partial charge in [-0.2, -0.15) is 0 Å². The number of halogens is 1. The van der Waals surface area contributed by atoms with Crippen LogP contribution in [0.4, 0.5) is 0 Å². The molecule has 90 valence electrons. The Bertz CT molecular complexity index is 176. The molecule has 1 atom stereocenters. The summed E-state index contributed by atoms with van der Waals surface area (Å²) in [6.45, 7) is 6.86. The largest absolute Gasteiger partial charge is 1.00 e. The molecule has 0 aromatic carbocycles. The molecule has 1 rings (SSSR count). The quantitative estimate of drug-likeness (QED) is 0.552. The highest BCUT2D eigenvalue weighted by Gasteiger charge is 2.13. The van der Waals surface area contributed by atoms with E-state index in [0.29, 0.717) is 0 Å². The van der Waals surface area contributed by atoms with Crippen LogP contribution in [0.15, 0.2) is 12.4 Å². The van der Waals surface area contributed by atoms with Crippen molar-refractivity contribution < 1.29 is 17.3 Å². The summed E-state index contributed by atoms with van der Waals surface area (Å²) in [6.07, 6.45) is 8.61. The third kappa shape index (κ3) is 6.33. The van der Waals surface area contributed by atoms with Gasteiger partial charge in [0.2, 0.25) is 0 Å². The second-order valence-electron chi connectivity index (χ2n) is 3.82. The van der Waals surface area contributed by atoms with E-state index in [1.807, 2.05) is 0 Å². The monoisotopic (exact) mass is 250 g/mol. The zero-order valence-electron chi connectivity index (χ0n) is 9.84. The van der Waals surface area contributed by atoms with Crippen molar-refractivity contribution in [2.75, 3.05) is 24.8 Å². The average molecular weight is 251 g/mol. The molecular weight excluding hydrogens is 228 g/mol. The molecule has 4 heteroatoms. The highest BCUT2D eigenvalue weighted by atomic mass is 35.5. The minimum atomic E-state index is 0. The zero-order valence-corrected chi connectivity index (χ0v) is 11.4. The normalized spacial score (nSPS) is 19.3. The fraction of sp³-hybridized carbons (Fsp3) is 0.818. The molecule has 0 radical (unpaired) electrons. The van der Waals surface area contributed by atoms with Gasteiger partial charge in [-0.15, -0.1) is 11.8 Å². The molecule has 1 N–H and O–H groups in total. The van der Waals surface area contributed by atoms with E-state index in [9.17, 15) is 0 Å². The third-order valence-electron chi connectivity index (χ3n) is 2.53. The summed E-state index contributed by atoms with van der Waals surface area (Å²) in [6, 6.07) is 0. The van der Waals surface area contributed by atoms with Crippen LogP contribution in [-0.2, 0) is 0 Å². The fourth-order valence-corrected chi connectivity index (χ4v) is 2.48. The average Bonchev–Trinajstić information content (AvgIpc) is 2.65. The molecule has 1 unspecified atom stereocenters. The lowest BCUT2D eigenvalue weighted by atomic mass is 10.3. The van der Waals surface area contributed by atoms with Crippen molar-refractivity contribution in [1.29, 1.82) is 0 Å². The molecule has 0 aromatic heterocycles. The molecule has 0 spiro atoms. The predicted molar refractivity (Wildman–Crippen MR) is 64.2 cm³/mol. The summed E-state index contributed by atoms with van der Waals surface area (Å²) in [5.41, 5.74) is 0. The van der Waals surface area contributed by atoms with Crippen LogP contribution < -0.4 is 17.3 Å². The van der Waals surface area contributed by atoms with E-state index >= 15 is 0 Å². The Morgan fingerprint density at radius 1 is 1.33 bits per heavy atom. The van der Waals surface area contributed by atoms with Crippen molar-refractivity contribution in [2.24, 2.45) is 0 Å². The van der Waals surface area contributed by atoms with E-state index in [-0.39, 0.29) is 12.4 Å². The second kappa shape index (κ2) is 9.37. The van der Waals surface area contributed by atoms with E-state index in [2.05, 4.69) is 42.9 Å². The maximum atomic E-state index is 2.41. The molecule has 0 saturated carbocycles. The smallest absolute Gasteiger partial charge is 0.157 e. The Morgan fingerprint density at radius 2 is 2.13 bits per heavy atom. The Kier molecular flexibility index (Phi) is 9.46. The molecule has 15 heavy (non-hydrogen) atoms. The molecule has 1 heterocycles. The van der Waals surface area contributed by atoms with E-state index < -0.39 is 0 Å². The topological polar surface area (TPSA) is 7.68 Å². The molecule has 0 bridgehead atoms. The van der Waals surface area contributed by atoms with Crippen LogP contribution in [0.1, 0.15) is 33.1 Å². The van der Waals surface area contributed by atoms with Crippen LogP contribution in [0.25, 0.3) is 0 Å². The van der Waals surface area contributed by atoms with Crippen LogP contribution in [0.5, 0.6) is 0 Å². The first-order chi connectivity index (χ1) is 6.86. The van der Waals surface area contributed by atoms with Gasteiger partial charge in [0.15, 0.2) is 6.67 Å². The molecule has 0 aliphatic carbocycles. The van der Waals surface area contributed by atoms with Gasteiger partial charge < -0.3 is 17.3 Å². The lowest BCUT2D eigenvalue weighted by Gasteiger charge is -2.15. The van der Waals surface area contributed by atoms with Crippen LogP contribution >= 0.6 is 11.8 Å². The molecule has 0 saturated heterocycles. The predicted octanol–water partition coefficient (Wildman–Crippen LogP) is -1.48. The number of nitrogens with zero attached hydrogens (tertiary/aromatic N) is 1. The molecule has 0 fully saturated rings. The van der Waals surface area contributed by atoms with E-state index in [4.69, 9.17) is 0 Å². The first kappa shape index (κ1) is 15.1. The van der Waals surface area contributed by atoms with E-state index in [1.165, 1.54) is 37.4 Å². The number of thioether (sulfide) groups is 1. The molecule has 0 aromatic rings. The number of unbranched alkanes of at least 4 members (excludes halogenated alkanes) is 2. The van der Waals surface area contributed by atoms with Crippen LogP contribution in [0, 0.1) is 0 Å². The lowest BCUT2D eigenvalue weighted by Crippen LogP contribution is -3.06. The molecule has 2 nitrogen and oxygen atoms in total. The summed E-state index contributed by atoms with van der Waals surface area (Å²) in [4.78, 5) is 3.98. The first-order valence-electron chi connectivity index (χ1n) is 5.71. The standard InChI is InChI=1S/C11H22N2S.ClH/c1-3-5-6-9-14-11-13-8-7-12(4-2)10-13;/h7-8H,3-6,9-11H2,1-2H3;1H. The zero-order chi connectivity index (χ0) is 10.2. The minimum absolute atomic E-state index is 0. The van der Waals surface area contributed by atoms with Crippen molar-refractivity contribution in [1.82, 2.24) is 4.90 Å². The number of rotatable bonds is 7. The van der Waals surface area contributed by atoms with Crippen molar-refractivity contribution in [3.8, 4) is 0 Å². The van der Waals surface area contributed by atoms with Gasteiger partial charge in [-0.1, -0.05) is 19.8 Å². The highest BCUT2D eigenvalue weighted by molar-refractivity contribution is 7.99. The van der Waals surface area contributed by atoms with Crippen molar-refractivity contribution >= 4 is 11.8 Å². The first-order valence-corrected chi connectivity index (χ1v) is 6.87. The summed E-state index contributed by atoms with van der Waals surface area (Å²) in [7, 11) is 0. The molecular formula is C11H23ClN2S. The molecule has 1 aliphatic heterocycles. The van der Waals surface area contributed by atoms with Crippen LogP contribution in [0.2, 0.25) is 0 Å².